The van der Waals surface area contributed by atoms with E-state index >= 15 is 0 Å². The fourth-order valence-electron chi connectivity index (χ4n) is 5.99. The molecular formula is C29H37ClN2O7S. The largest absolute Gasteiger partial charge is 0.487 e. The first-order valence-corrected chi connectivity index (χ1v) is 16.0. The zero-order valence-corrected chi connectivity index (χ0v) is 23.9. The lowest BCUT2D eigenvalue weighted by atomic mass is 9.69. The van der Waals surface area contributed by atoms with Crippen LogP contribution in [0.15, 0.2) is 36.4 Å². The van der Waals surface area contributed by atoms with Gasteiger partial charge in [-0.3, -0.25) is 4.79 Å². The Hall–Kier alpha value is -2.37. The topological polar surface area (TPSA) is 136 Å². The highest BCUT2D eigenvalue weighted by atomic mass is 35.5. The number of amides is 1. The van der Waals surface area contributed by atoms with Gasteiger partial charge in [0.1, 0.15) is 12.4 Å². The van der Waals surface area contributed by atoms with Gasteiger partial charge in [0, 0.05) is 30.1 Å². The molecule has 11 heteroatoms. The van der Waals surface area contributed by atoms with Crippen LogP contribution in [0, 0.1) is 11.8 Å². The standard InChI is InChI=1S/C29H37ClN2O7S/c30-22-7-4-21-17-39-28-9-6-19-14-24(28)32(11-2-1-3-18(21)13-22)16-20-5-8-23(20)26(34)15-27(35)25(33)10-12-40(37,38)31-29(19)36/h4,6-7,9,13-14,20,23,25-27,33-35H,1-3,5,8,10-12,15-17H2,(H,31,36)/t20-,23+,25-,26-,27+/m0/s1. The van der Waals surface area contributed by atoms with Gasteiger partial charge in [-0.2, -0.15) is 0 Å². The second-order valence-electron chi connectivity index (χ2n) is 11.3. The highest BCUT2D eigenvalue weighted by Gasteiger charge is 2.39. The Balaban J connectivity index is 1.51. The third kappa shape index (κ3) is 6.74. The number of sulfonamides is 1. The van der Waals surface area contributed by atoms with E-state index in [1.807, 2.05) is 18.2 Å². The maximum Gasteiger partial charge on any atom is 0.264 e. The van der Waals surface area contributed by atoms with Crippen LogP contribution in [0.2, 0.25) is 5.02 Å². The van der Waals surface area contributed by atoms with E-state index in [1.165, 1.54) is 0 Å². The van der Waals surface area contributed by atoms with Crippen molar-refractivity contribution >= 4 is 33.2 Å². The van der Waals surface area contributed by atoms with Gasteiger partial charge in [-0.15, -0.1) is 0 Å². The molecule has 0 spiro atoms. The summed E-state index contributed by atoms with van der Waals surface area (Å²) in [6, 6.07) is 10.7. The van der Waals surface area contributed by atoms with E-state index in [4.69, 9.17) is 16.3 Å². The number of nitrogens with zero attached hydrogens (tertiary/aromatic N) is 1. The molecule has 2 bridgehead atoms. The number of carbonyl (C=O) groups is 1. The summed E-state index contributed by atoms with van der Waals surface area (Å²) in [4.78, 5) is 15.2. The number of aliphatic hydroxyl groups is 3. The Morgan fingerprint density at radius 3 is 2.55 bits per heavy atom. The number of fused-ring (bicyclic) bond motifs is 3. The lowest BCUT2D eigenvalue weighted by molar-refractivity contribution is -0.0509. The van der Waals surface area contributed by atoms with E-state index in [0.29, 0.717) is 36.2 Å². The Kier molecular flexibility index (Phi) is 8.92. The normalized spacial score (nSPS) is 29.4. The molecule has 0 aromatic heterocycles. The van der Waals surface area contributed by atoms with Crippen molar-refractivity contribution in [3.05, 3.63) is 58.1 Å². The van der Waals surface area contributed by atoms with Crippen LogP contribution in [-0.4, -0.2) is 66.8 Å². The van der Waals surface area contributed by atoms with Gasteiger partial charge in [-0.05, 0) is 91.8 Å². The van der Waals surface area contributed by atoms with Crippen LogP contribution >= 0.6 is 11.6 Å². The lowest BCUT2D eigenvalue weighted by Crippen LogP contribution is -2.46. The zero-order chi connectivity index (χ0) is 28.4. The molecule has 1 amide bonds. The van der Waals surface area contributed by atoms with Crippen molar-refractivity contribution in [1.82, 2.24) is 4.72 Å². The lowest BCUT2D eigenvalue weighted by Gasteiger charge is -2.44. The van der Waals surface area contributed by atoms with E-state index in [0.717, 1.165) is 43.2 Å². The van der Waals surface area contributed by atoms with Gasteiger partial charge in [-0.25, -0.2) is 13.1 Å². The predicted molar refractivity (Wildman–Crippen MR) is 152 cm³/mol. The first-order chi connectivity index (χ1) is 19.1. The maximum atomic E-state index is 13.0. The predicted octanol–water partition coefficient (Wildman–Crippen LogP) is 3.02. The minimum atomic E-state index is -4.08. The van der Waals surface area contributed by atoms with Gasteiger partial charge >= 0.3 is 0 Å². The molecule has 0 unspecified atom stereocenters. The number of nitrogens with one attached hydrogen (secondary N) is 1. The smallest absolute Gasteiger partial charge is 0.264 e. The highest BCUT2D eigenvalue weighted by Crippen LogP contribution is 2.41. The number of halogens is 1. The third-order valence-corrected chi connectivity index (χ3v) is 10.0. The number of hydrogen-bond acceptors (Lipinski definition) is 8. The fourth-order valence-corrected chi connectivity index (χ4v) is 7.24. The molecule has 5 atom stereocenters. The monoisotopic (exact) mass is 592 g/mol. The van der Waals surface area contributed by atoms with E-state index < -0.39 is 40.0 Å². The van der Waals surface area contributed by atoms with Crippen LogP contribution in [0.3, 0.4) is 0 Å². The van der Waals surface area contributed by atoms with Crippen molar-refractivity contribution in [3.8, 4) is 5.75 Å². The van der Waals surface area contributed by atoms with Crippen LogP contribution < -0.4 is 14.4 Å². The molecular weight excluding hydrogens is 556 g/mol. The minimum absolute atomic E-state index is 0.0423. The van der Waals surface area contributed by atoms with Gasteiger partial charge < -0.3 is 25.0 Å². The number of aliphatic hydroxyl groups excluding tert-OH is 3. The summed E-state index contributed by atoms with van der Waals surface area (Å²) in [5, 5.41) is 32.4. The molecule has 2 aliphatic heterocycles. The molecule has 40 heavy (non-hydrogen) atoms. The molecule has 1 fully saturated rings. The average molecular weight is 593 g/mol. The van der Waals surface area contributed by atoms with Crippen LogP contribution in [0.1, 0.15) is 60.0 Å². The summed E-state index contributed by atoms with van der Waals surface area (Å²) in [5.74, 6) is -0.629. The number of ether oxygens (including phenoxy) is 1. The Morgan fingerprint density at radius 2 is 1.77 bits per heavy atom. The summed E-state index contributed by atoms with van der Waals surface area (Å²) in [6.07, 6.45) is 0.616. The van der Waals surface area contributed by atoms with Gasteiger partial charge in [0.15, 0.2) is 0 Å². The van der Waals surface area contributed by atoms with Crippen LogP contribution in [0.5, 0.6) is 5.75 Å². The molecule has 4 N–H and O–H groups in total. The van der Waals surface area contributed by atoms with Crippen molar-refractivity contribution in [2.75, 3.05) is 23.7 Å². The first-order valence-electron chi connectivity index (χ1n) is 14.0. The molecule has 0 radical (unpaired) electrons. The second-order valence-corrected chi connectivity index (χ2v) is 13.5. The average Bonchev–Trinajstić information content (AvgIpc) is 2.92. The summed E-state index contributed by atoms with van der Waals surface area (Å²) in [6.45, 7) is 1.60. The summed E-state index contributed by atoms with van der Waals surface area (Å²) >= 11 is 6.27. The number of anilines is 1. The van der Waals surface area contributed by atoms with Crippen molar-refractivity contribution in [2.24, 2.45) is 11.8 Å². The number of carbonyl (C=O) groups excluding carboxylic acids is 1. The van der Waals surface area contributed by atoms with E-state index in [1.54, 1.807) is 18.2 Å². The number of hydrogen-bond donors (Lipinski definition) is 4. The number of benzene rings is 2. The summed E-state index contributed by atoms with van der Waals surface area (Å²) < 4.78 is 33.7. The number of rotatable bonds is 0. The second kappa shape index (κ2) is 12.2. The van der Waals surface area contributed by atoms with E-state index in [9.17, 15) is 28.5 Å². The van der Waals surface area contributed by atoms with Gasteiger partial charge in [0.05, 0.1) is 29.8 Å². The van der Waals surface area contributed by atoms with Gasteiger partial charge in [-0.1, -0.05) is 17.7 Å². The summed E-state index contributed by atoms with van der Waals surface area (Å²) in [7, 11) is -4.08. The van der Waals surface area contributed by atoms with Crippen molar-refractivity contribution < 1.29 is 33.3 Å². The molecule has 1 aliphatic carbocycles. The summed E-state index contributed by atoms with van der Waals surface area (Å²) in [5.41, 5.74) is 3.05. The Morgan fingerprint density at radius 1 is 0.950 bits per heavy atom. The van der Waals surface area contributed by atoms with E-state index in [2.05, 4.69) is 9.62 Å². The van der Waals surface area contributed by atoms with Crippen molar-refractivity contribution in [2.45, 2.75) is 69.9 Å². The third-order valence-electron chi connectivity index (χ3n) is 8.52. The number of aryl methyl sites for hydroxylation is 1. The molecule has 3 aliphatic rings. The van der Waals surface area contributed by atoms with Crippen molar-refractivity contribution in [1.29, 1.82) is 0 Å². The van der Waals surface area contributed by atoms with Crippen molar-refractivity contribution in [3.63, 3.8) is 0 Å². The first kappa shape index (κ1) is 29.1. The van der Waals surface area contributed by atoms with Crippen LogP contribution in [-0.2, 0) is 23.1 Å². The molecule has 2 heterocycles. The van der Waals surface area contributed by atoms with E-state index in [-0.39, 0.29) is 30.2 Å². The van der Waals surface area contributed by atoms with Gasteiger partial charge in [0.25, 0.3) is 5.91 Å². The quantitative estimate of drug-likeness (QED) is 0.366. The molecule has 2 aromatic rings. The Bertz CT molecular complexity index is 1340. The highest BCUT2D eigenvalue weighted by molar-refractivity contribution is 7.90. The van der Waals surface area contributed by atoms with Crippen LogP contribution in [0.25, 0.3) is 0 Å². The molecule has 2 aromatic carbocycles. The zero-order valence-electron chi connectivity index (χ0n) is 22.3. The molecule has 1 saturated carbocycles. The minimum Gasteiger partial charge on any atom is -0.487 e. The Labute approximate surface area is 240 Å². The fraction of sp³-hybridized carbons (Fsp3) is 0.552. The molecule has 9 nitrogen and oxygen atoms in total. The maximum absolute atomic E-state index is 13.0. The SMILES string of the molecule is O=C1NS(=O)(=O)CC[C@H](O)[C@H](O)C[C@H](O)[C@@H]2CC[C@H]2CN2CCCCc3cc(Cl)ccc3COc3ccc1cc32. The molecule has 218 valence electrons. The van der Waals surface area contributed by atoms with Crippen LogP contribution in [0.4, 0.5) is 5.69 Å². The molecule has 5 rings (SSSR count). The molecule has 0 saturated heterocycles. The van der Waals surface area contributed by atoms with Gasteiger partial charge in [0.2, 0.25) is 10.0 Å².